The summed E-state index contributed by atoms with van der Waals surface area (Å²) >= 11 is 0. The summed E-state index contributed by atoms with van der Waals surface area (Å²) in [6, 6.07) is 5.28. The van der Waals surface area contributed by atoms with Crippen molar-refractivity contribution in [1.29, 1.82) is 0 Å². The number of hydrogen-bond donors (Lipinski definition) is 1. The maximum absolute atomic E-state index is 11.6. The summed E-state index contributed by atoms with van der Waals surface area (Å²) < 4.78 is 32.7. The fourth-order valence-corrected chi connectivity index (χ4v) is 5.70. The minimum absolute atomic E-state index is 0.0127. The molecule has 1 rings (SSSR count). The molecule has 0 aromatic heterocycles. The van der Waals surface area contributed by atoms with Crippen LogP contribution < -0.4 is 5.19 Å². The van der Waals surface area contributed by atoms with Crippen LogP contribution in [0.2, 0.25) is 18.1 Å². The third kappa shape index (κ3) is 3.27. The van der Waals surface area contributed by atoms with Crippen molar-refractivity contribution in [3.8, 4) is 0 Å². The summed E-state index contributed by atoms with van der Waals surface area (Å²) in [5.41, 5.74) is 1.10. The molecule has 0 aliphatic carbocycles. The predicted octanol–water partition coefficient (Wildman–Crippen LogP) is 3.21. The first-order valence-electron chi connectivity index (χ1n) is 6.52. The van der Waals surface area contributed by atoms with Crippen LogP contribution in [-0.2, 0) is 16.5 Å². The minimum Gasteiger partial charge on any atom is -0.282 e. The molecule has 5 heteroatoms. The van der Waals surface area contributed by atoms with E-state index in [4.69, 9.17) is 0 Å². The molecule has 0 atom stereocenters. The van der Waals surface area contributed by atoms with E-state index >= 15 is 0 Å². The van der Waals surface area contributed by atoms with Gasteiger partial charge < -0.3 is 0 Å². The normalized spacial score (nSPS) is 13.6. The fourth-order valence-electron chi connectivity index (χ4n) is 1.91. The van der Waals surface area contributed by atoms with Gasteiger partial charge in [-0.25, -0.2) is 0 Å². The Hall–Kier alpha value is -0.653. The van der Waals surface area contributed by atoms with Crippen molar-refractivity contribution in [2.24, 2.45) is 0 Å². The maximum atomic E-state index is 11.6. The highest BCUT2D eigenvalue weighted by molar-refractivity contribution is 7.86. The smallest absolute Gasteiger partial charge is 0.282 e. The molecule has 1 aromatic carbocycles. The number of rotatable bonds is 3. The lowest BCUT2D eigenvalue weighted by Gasteiger charge is -2.38. The van der Waals surface area contributed by atoms with Gasteiger partial charge in [0.2, 0.25) is 0 Å². The van der Waals surface area contributed by atoms with E-state index in [1.54, 1.807) is 12.1 Å². The topological polar surface area (TPSA) is 54.4 Å². The number of benzene rings is 1. The Morgan fingerprint density at radius 3 is 2.11 bits per heavy atom. The van der Waals surface area contributed by atoms with Crippen molar-refractivity contribution < 1.29 is 13.0 Å². The van der Waals surface area contributed by atoms with Gasteiger partial charge in [-0.2, -0.15) is 8.42 Å². The van der Waals surface area contributed by atoms with Gasteiger partial charge in [-0.3, -0.25) is 4.55 Å². The van der Waals surface area contributed by atoms with Gasteiger partial charge in [-0.05, 0) is 28.3 Å². The van der Waals surface area contributed by atoms with E-state index in [1.807, 2.05) is 13.0 Å². The van der Waals surface area contributed by atoms with Crippen LogP contribution >= 0.6 is 0 Å². The molecule has 0 saturated heterocycles. The monoisotopic (exact) mass is 300 g/mol. The third-order valence-corrected chi connectivity index (χ3v) is 10.9. The molecule has 1 N–H and O–H groups in total. The molecular formula is C14H24O3SSi. The van der Waals surface area contributed by atoms with Crippen molar-refractivity contribution >= 4 is 23.4 Å². The molecule has 0 bridgehead atoms. The second kappa shape index (κ2) is 5.03. The zero-order chi connectivity index (χ0) is 15.1. The first-order chi connectivity index (χ1) is 8.41. The Kier molecular flexibility index (Phi) is 4.35. The number of hydrogen-bond acceptors (Lipinski definition) is 2. The molecule has 1 aromatic rings. The molecule has 19 heavy (non-hydrogen) atoms. The SMILES string of the molecule is CCc1ccc(S(=O)(=O)O)c([Si](C)(C)C(C)(C)C)c1. The average molecular weight is 300 g/mol. The lowest BCUT2D eigenvalue weighted by molar-refractivity contribution is 0.483. The first kappa shape index (κ1) is 16.4. The molecule has 0 spiro atoms. The van der Waals surface area contributed by atoms with Gasteiger partial charge in [0, 0.05) is 0 Å². The van der Waals surface area contributed by atoms with Crippen LogP contribution in [0.3, 0.4) is 0 Å². The van der Waals surface area contributed by atoms with Gasteiger partial charge in [-0.1, -0.05) is 52.9 Å². The lowest BCUT2D eigenvalue weighted by Crippen LogP contribution is -2.51. The van der Waals surface area contributed by atoms with E-state index in [9.17, 15) is 13.0 Å². The molecule has 0 saturated carbocycles. The van der Waals surface area contributed by atoms with E-state index in [0.29, 0.717) is 0 Å². The zero-order valence-corrected chi connectivity index (χ0v) is 14.4. The highest BCUT2D eigenvalue weighted by Crippen LogP contribution is 2.36. The molecule has 0 aliphatic heterocycles. The van der Waals surface area contributed by atoms with Crippen LogP contribution in [-0.4, -0.2) is 21.0 Å². The van der Waals surface area contributed by atoms with Crippen molar-refractivity contribution in [3.63, 3.8) is 0 Å². The Balaban J connectivity index is 3.65. The molecule has 0 aliphatic rings. The molecule has 0 fully saturated rings. The molecular weight excluding hydrogens is 276 g/mol. The predicted molar refractivity (Wildman–Crippen MR) is 82.5 cm³/mol. The van der Waals surface area contributed by atoms with Crippen LogP contribution in [0, 0.1) is 0 Å². The van der Waals surface area contributed by atoms with Crippen molar-refractivity contribution in [1.82, 2.24) is 0 Å². The van der Waals surface area contributed by atoms with Crippen LogP contribution in [0.1, 0.15) is 33.3 Å². The first-order valence-corrected chi connectivity index (χ1v) is 11.0. The molecule has 0 amide bonds. The summed E-state index contributed by atoms with van der Waals surface area (Å²) in [5.74, 6) is 0. The van der Waals surface area contributed by atoms with Gasteiger partial charge in [-0.15, -0.1) is 0 Å². The second-order valence-corrected chi connectivity index (χ2v) is 13.2. The molecule has 3 nitrogen and oxygen atoms in total. The molecule has 0 unspecified atom stereocenters. The van der Waals surface area contributed by atoms with Gasteiger partial charge in [0.25, 0.3) is 10.1 Å². The van der Waals surface area contributed by atoms with Crippen molar-refractivity contribution in [3.05, 3.63) is 23.8 Å². The summed E-state index contributed by atoms with van der Waals surface area (Å²) in [6.45, 7) is 12.7. The Morgan fingerprint density at radius 1 is 1.21 bits per heavy atom. The fraction of sp³-hybridized carbons (Fsp3) is 0.571. The third-order valence-electron chi connectivity index (χ3n) is 4.28. The van der Waals surface area contributed by atoms with Gasteiger partial charge in [0.05, 0.1) is 13.0 Å². The van der Waals surface area contributed by atoms with Crippen LogP contribution in [0.4, 0.5) is 0 Å². The average Bonchev–Trinajstić information content (AvgIpc) is 2.25. The Morgan fingerprint density at radius 2 is 1.74 bits per heavy atom. The van der Waals surface area contributed by atoms with E-state index < -0.39 is 18.2 Å². The standard InChI is InChI=1S/C14H24O3SSi/c1-7-11-8-9-12(18(15,16)17)13(10-11)19(5,6)14(2,3)4/h8-10H,7H2,1-6H3,(H,15,16,17). The van der Waals surface area contributed by atoms with Crippen LogP contribution in [0.15, 0.2) is 23.1 Å². The Bertz CT molecular complexity index is 569. The zero-order valence-electron chi connectivity index (χ0n) is 12.6. The van der Waals surface area contributed by atoms with E-state index in [1.165, 1.54) is 0 Å². The summed E-state index contributed by atoms with van der Waals surface area (Å²) in [7, 11) is -6.19. The van der Waals surface area contributed by atoms with E-state index in [0.717, 1.165) is 17.2 Å². The Labute approximate surface area is 117 Å². The highest BCUT2D eigenvalue weighted by Gasteiger charge is 2.40. The second-order valence-electron chi connectivity index (χ2n) is 6.53. The van der Waals surface area contributed by atoms with E-state index in [2.05, 4.69) is 33.9 Å². The van der Waals surface area contributed by atoms with Crippen LogP contribution in [0.5, 0.6) is 0 Å². The van der Waals surface area contributed by atoms with Gasteiger partial charge in [0.1, 0.15) is 0 Å². The minimum atomic E-state index is -4.17. The van der Waals surface area contributed by atoms with Crippen molar-refractivity contribution in [2.45, 2.75) is 57.1 Å². The summed E-state index contributed by atoms with van der Waals surface area (Å²) in [6.07, 6.45) is 0.855. The lowest BCUT2D eigenvalue weighted by atomic mass is 10.2. The van der Waals surface area contributed by atoms with Gasteiger partial charge in [0.15, 0.2) is 0 Å². The quantitative estimate of drug-likeness (QED) is 0.689. The van der Waals surface area contributed by atoms with E-state index in [-0.39, 0.29) is 9.93 Å². The molecule has 0 heterocycles. The summed E-state index contributed by atoms with van der Waals surface area (Å²) in [4.78, 5) is 0.0799. The highest BCUT2D eigenvalue weighted by atomic mass is 32.2. The van der Waals surface area contributed by atoms with Crippen molar-refractivity contribution in [2.75, 3.05) is 0 Å². The molecule has 108 valence electrons. The molecule has 0 radical (unpaired) electrons. The maximum Gasteiger partial charge on any atom is 0.294 e. The van der Waals surface area contributed by atoms with Gasteiger partial charge >= 0.3 is 0 Å². The largest absolute Gasteiger partial charge is 0.294 e. The number of aryl methyl sites for hydroxylation is 1. The van der Waals surface area contributed by atoms with Crippen LogP contribution in [0.25, 0.3) is 0 Å². The summed E-state index contributed by atoms with van der Waals surface area (Å²) in [5, 5.41) is 0.834.